The lowest BCUT2D eigenvalue weighted by molar-refractivity contribution is 0.102. The van der Waals surface area contributed by atoms with Crippen LogP contribution >= 0.6 is 0 Å². The van der Waals surface area contributed by atoms with Crippen molar-refractivity contribution in [2.24, 2.45) is 0 Å². The average molecular weight is 293 g/mol. The third-order valence-corrected chi connectivity index (χ3v) is 3.31. The summed E-state index contributed by atoms with van der Waals surface area (Å²) in [5.41, 5.74) is 2.34. The number of nitrogens with one attached hydrogen (secondary N) is 1. The van der Waals surface area contributed by atoms with E-state index in [2.05, 4.69) is 27.3 Å². The topological polar surface area (TPSA) is 72.7 Å². The van der Waals surface area contributed by atoms with Crippen LogP contribution in [-0.4, -0.2) is 25.7 Å². The average Bonchev–Trinajstić information content (AvgIpc) is 3.09. The van der Waals surface area contributed by atoms with E-state index in [-0.39, 0.29) is 5.91 Å². The zero-order chi connectivity index (χ0) is 15.4. The van der Waals surface area contributed by atoms with Gasteiger partial charge in [0, 0.05) is 11.9 Å². The molecule has 22 heavy (non-hydrogen) atoms. The van der Waals surface area contributed by atoms with Crippen LogP contribution in [0.1, 0.15) is 22.8 Å². The second-order valence-electron chi connectivity index (χ2n) is 4.68. The maximum atomic E-state index is 12.6. The van der Waals surface area contributed by atoms with Gasteiger partial charge < -0.3 is 5.32 Å². The molecule has 6 nitrogen and oxygen atoms in total. The molecule has 0 aliphatic heterocycles. The molecule has 6 heteroatoms. The maximum Gasteiger partial charge on any atom is 0.259 e. The minimum Gasteiger partial charge on any atom is -0.322 e. The van der Waals surface area contributed by atoms with Crippen LogP contribution in [0.3, 0.4) is 0 Å². The minimum atomic E-state index is -0.223. The van der Waals surface area contributed by atoms with Gasteiger partial charge in [0.25, 0.3) is 5.91 Å². The van der Waals surface area contributed by atoms with Gasteiger partial charge in [-0.3, -0.25) is 4.79 Å². The van der Waals surface area contributed by atoms with Gasteiger partial charge >= 0.3 is 0 Å². The van der Waals surface area contributed by atoms with Crippen molar-refractivity contribution in [3.05, 3.63) is 66.4 Å². The molecule has 0 atom stereocenters. The van der Waals surface area contributed by atoms with Gasteiger partial charge in [-0.2, -0.15) is 5.10 Å². The Morgan fingerprint density at radius 1 is 1.23 bits per heavy atom. The van der Waals surface area contributed by atoms with Gasteiger partial charge in [0.05, 0.1) is 5.56 Å². The fourth-order valence-electron chi connectivity index (χ4n) is 2.21. The van der Waals surface area contributed by atoms with E-state index in [0.717, 1.165) is 17.7 Å². The molecule has 0 radical (unpaired) electrons. The van der Waals surface area contributed by atoms with Crippen LogP contribution in [0.25, 0.3) is 5.82 Å². The van der Waals surface area contributed by atoms with Crippen molar-refractivity contribution >= 4 is 11.6 Å². The monoisotopic (exact) mass is 293 g/mol. The number of nitrogens with zero attached hydrogens (tertiary/aromatic N) is 4. The highest BCUT2D eigenvalue weighted by molar-refractivity contribution is 6.06. The lowest BCUT2D eigenvalue weighted by atomic mass is 10.1. The molecule has 0 aliphatic rings. The molecule has 0 bridgehead atoms. The van der Waals surface area contributed by atoms with E-state index in [1.807, 2.05) is 24.3 Å². The number of rotatable bonds is 4. The molecule has 0 spiro atoms. The van der Waals surface area contributed by atoms with Gasteiger partial charge in [-0.25, -0.2) is 14.6 Å². The summed E-state index contributed by atoms with van der Waals surface area (Å²) < 4.78 is 1.47. The molecule has 3 rings (SSSR count). The summed E-state index contributed by atoms with van der Waals surface area (Å²) in [6.45, 7) is 2.05. The molecule has 0 fully saturated rings. The maximum absolute atomic E-state index is 12.6. The molecule has 3 aromatic rings. The molecule has 2 aromatic heterocycles. The molecule has 2 heterocycles. The van der Waals surface area contributed by atoms with E-state index in [9.17, 15) is 4.79 Å². The van der Waals surface area contributed by atoms with Gasteiger partial charge in [0.1, 0.15) is 12.7 Å². The molecule has 1 N–H and O–H groups in total. The van der Waals surface area contributed by atoms with E-state index in [4.69, 9.17) is 0 Å². The van der Waals surface area contributed by atoms with E-state index in [1.54, 1.807) is 18.3 Å². The number of aromatic nitrogens is 4. The van der Waals surface area contributed by atoms with Crippen molar-refractivity contribution in [3.8, 4) is 5.82 Å². The van der Waals surface area contributed by atoms with Crippen LogP contribution in [-0.2, 0) is 6.42 Å². The largest absolute Gasteiger partial charge is 0.322 e. The molecule has 0 aliphatic carbocycles. The second-order valence-corrected chi connectivity index (χ2v) is 4.68. The number of hydrogen-bond acceptors (Lipinski definition) is 4. The number of carbonyl (C=O) groups excluding carboxylic acids is 1. The zero-order valence-corrected chi connectivity index (χ0v) is 12.1. The molecule has 1 amide bonds. The second kappa shape index (κ2) is 6.17. The summed E-state index contributed by atoms with van der Waals surface area (Å²) in [5.74, 6) is 0.228. The first kappa shape index (κ1) is 13.9. The molecule has 1 aromatic carbocycles. The van der Waals surface area contributed by atoms with Crippen molar-refractivity contribution in [3.63, 3.8) is 0 Å². The van der Waals surface area contributed by atoms with E-state index >= 15 is 0 Å². The SMILES string of the molecule is CCc1ccccc1NC(=O)c1cccnc1-n1cncn1. The molecule has 110 valence electrons. The van der Waals surface area contributed by atoms with Gasteiger partial charge in [-0.15, -0.1) is 0 Å². The highest BCUT2D eigenvalue weighted by Crippen LogP contribution is 2.18. The third kappa shape index (κ3) is 2.71. The number of benzene rings is 1. The number of hydrogen-bond donors (Lipinski definition) is 1. The summed E-state index contributed by atoms with van der Waals surface area (Å²) in [7, 11) is 0. The van der Waals surface area contributed by atoms with Crippen molar-refractivity contribution in [1.29, 1.82) is 0 Å². The minimum absolute atomic E-state index is 0.223. The Hall–Kier alpha value is -3.02. The molecular formula is C16H15N5O. The quantitative estimate of drug-likeness (QED) is 0.802. The number of amides is 1. The Morgan fingerprint density at radius 2 is 2.09 bits per heavy atom. The summed E-state index contributed by atoms with van der Waals surface area (Å²) >= 11 is 0. The third-order valence-electron chi connectivity index (χ3n) is 3.31. The smallest absolute Gasteiger partial charge is 0.259 e. The first-order chi connectivity index (χ1) is 10.8. The summed E-state index contributed by atoms with van der Waals surface area (Å²) in [6.07, 6.45) is 5.38. The van der Waals surface area contributed by atoms with Crippen LogP contribution in [0.15, 0.2) is 55.2 Å². The Kier molecular flexibility index (Phi) is 3.91. The Balaban J connectivity index is 1.93. The van der Waals surface area contributed by atoms with Crippen molar-refractivity contribution in [1.82, 2.24) is 19.7 Å². The van der Waals surface area contributed by atoms with E-state index in [0.29, 0.717) is 11.4 Å². The van der Waals surface area contributed by atoms with Gasteiger partial charge in [-0.1, -0.05) is 25.1 Å². The summed E-state index contributed by atoms with van der Waals surface area (Å²) in [6, 6.07) is 11.2. The Bertz CT molecular complexity index is 783. The highest BCUT2D eigenvalue weighted by Gasteiger charge is 2.15. The van der Waals surface area contributed by atoms with Crippen LogP contribution < -0.4 is 5.32 Å². The highest BCUT2D eigenvalue weighted by atomic mass is 16.1. The molecule has 0 saturated heterocycles. The standard InChI is InChI=1S/C16H15N5O/c1-2-12-6-3-4-8-14(12)20-16(22)13-7-5-9-18-15(13)21-11-17-10-19-21/h3-11H,2H2,1H3,(H,20,22). The zero-order valence-electron chi connectivity index (χ0n) is 12.1. The lowest BCUT2D eigenvalue weighted by Crippen LogP contribution is -2.17. The van der Waals surface area contributed by atoms with Crippen LogP contribution in [0.5, 0.6) is 0 Å². The van der Waals surface area contributed by atoms with Crippen LogP contribution in [0, 0.1) is 0 Å². The van der Waals surface area contributed by atoms with E-state index < -0.39 is 0 Å². The molecule has 0 unspecified atom stereocenters. The van der Waals surface area contributed by atoms with Crippen molar-refractivity contribution < 1.29 is 4.79 Å². The number of aryl methyl sites for hydroxylation is 1. The Labute approximate surface area is 127 Å². The predicted octanol–water partition coefficient (Wildman–Crippen LogP) is 2.48. The number of anilines is 1. The Morgan fingerprint density at radius 3 is 2.86 bits per heavy atom. The van der Waals surface area contributed by atoms with Gasteiger partial charge in [0.15, 0.2) is 5.82 Å². The van der Waals surface area contributed by atoms with Gasteiger partial charge in [0.2, 0.25) is 0 Å². The van der Waals surface area contributed by atoms with Crippen molar-refractivity contribution in [2.45, 2.75) is 13.3 Å². The summed E-state index contributed by atoms with van der Waals surface area (Å²) in [5, 5.41) is 6.97. The number of carbonyl (C=O) groups is 1. The van der Waals surface area contributed by atoms with Crippen LogP contribution in [0.2, 0.25) is 0 Å². The lowest BCUT2D eigenvalue weighted by Gasteiger charge is -2.11. The van der Waals surface area contributed by atoms with E-state index in [1.165, 1.54) is 17.3 Å². The first-order valence-corrected chi connectivity index (χ1v) is 6.99. The van der Waals surface area contributed by atoms with Crippen LogP contribution in [0.4, 0.5) is 5.69 Å². The fourth-order valence-corrected chi connectivity index (χ4v) is 2.21. The predicted molar refractivity (Wildman–Crippen MR) is 82.9 cm³/mol. The number of pyridine rings is 1. The first-order valence-electron chi connectivity index (χ1n) is 6.99. The van der Waals surface area contributed by atoms with Gasteiger partial charge in [-0.05, 0) is 30.2 Å². The fraction of sp³-hybridized carbons (Fsp3) is 0.125. The number of para-hydroxylation sites is 1. The molecule has 0 saturated carbocycles. The molecular weight excluding hydrogens is 278 g/mol. The van der Waals surface area contributed by atoms with Crippen molar-refractivity contribution in [2.75, 3.05) is 5.32 Å². The summed E-state index contributed by atoms with van der Waals surface area (Å²) in [4.78, 5) is 20.7. The normalized spacial score (nSPS) is 10.4.